The van der Waals surface area contributed by atoms with Crippen LogP contribution in [0.3, 0.4) is 0 Å². The summed E-state index contributed by atoms with van der Waals surface area (Å²) in [6.45, 7) is 0.268. The summed E-state index contributed by atoms with van der Waals surface area (Å²) in [7, 11) is 0. The van der Waals surface area contributed by atoms with Crippen molar-refractivity contribution in [2.45, 2.75) is 56.4 Å². The number of benzene rings is 2. The zero-order chi connectivity index (χ0) is 19.6. The van der Waals surface area contributed by atoms with E-state index in [2.05, 4.69) is 5.92 Å². The van der Waals surface area contributed by atoms with E-state index in [1.165, 1.54) is 0 Å². The molecule has 4 nitrogen and oxygen atoms in total. The van der Waals surface area contributed by atoms with Gasteiger partial charge in [-0.2, -0.15) is 0 Å². The van der Waals surface area contributed by atoms with Crippen LogP contribution in [0.25, 0.3) is 0 Å². The van der Waals surface area contributed by atoms with E-state index in [1.54, 1.807) is 0 Å². The minimum Gasteiger partial charge on any atom is -0.445 e. The van der Waals surface area contributed by atoms with Crippen LogP contribution in [0.4, 0.5) is 4.79 Å². The molecule has 2 saturated heterocycles. The molecule has 2 unspecified atom stereocenters. The van der Waals surface area contributed by atoms with Crippen molar-refractivity contribution >= 4 is 6.09 Å². The molecule has 0 spiro atoms. The number of piperidine rings is 2. The van der Waals surface area contributed by atoms with E-state index >= 15 is 0 Å². The first-order chi connectivity index (χ1) is 13.6. The lowest BCUT2D eigenvalue weighted by molar-refractivity contribution is -0.0896. The molecule has 4 heteroatoms. The third-order valence-electron chi connectivity index (χ3n) is 5.99. The zero-order valence-electron chi connectivity index (χ0n) is 15.9. The molecule has 0 radical (unpaired) electrons. The molecule has 0 saturated carbocycles. The number of aliphatic hydroxyl groups is 1. The van der Waals surface area contributed by atoms with Crippen LogP contribution in [0.1, 0.15) is 48.8 Å². The van der Waals surface area contributed by atoms with E-state index in [0.717, 1.165) is 36.0 Å². The van der Waals surface area contributed by atoms with E-state index in [0.29, 0.717) is 12.8 Å². The summed E-state index contributed by atoms with van der Waals surface area (Å²) in [5, 5.41) is 11.4. The highest BCUT2D eigenvalue weighted by atomic mass is 16.6. The Kier molecular flexibility index (Phi) is 5.11. The maximum atomic E-state index is 12.8. The highest BCUT2D eigenvalue weighted by molar-refractivity contribution is 5.69. The molecule has 4 rings (SSSR count). The number of nitrogens with zero attached hydrogens (tertiary/aromatic N) is 1. The van der Waals surface area contributed by atoms with Crippen LogP contribution in [0.5, 0.6) is 0 Å². The van der Waals surface area contributed by atoms with Gasteiger partial charge < -0.3 is 14.7 Å². The summed E-state index contributed by atoms with van der Waals surface area (Å²) in [5.74, 6) is 2.64. The molecule has 2 fully saturated rings. The smallest absolute Gasteiger partial charge is 0.410 e. The number of ether oxygens (including phenoxy) is 1. The van der Waals surface area contributed by atoms with Crippen LogP contribution in [0, 0.1) is 12.3 Å². The SMILES string of the molecule is C#Cc1cccc(C2(O)CC3CCCC(C2)N3C(=O)OCc2ccccc2)c1. The van der Waals surface area contributed by atoms with Crippen LogP contribution in [-0.2, 0) is 16.9 Å². The van der Waals surface area contributed by atoms with Crippen LogP contribution in [0.15, 0.2) is 54.6 Å². The Labute approximate surface area is 166 Å². The molecule has 0 aromatic heterocycles. The fourth-order valence-electron chi connectivity index (χ4n) is 4.66. The normalized spacial score (nSPS) is 26.4. The Morgan fingerprint density at radius 1 is 1.14 bits per heavy atom. The summed E-state index contributed by atoms with van der Waals surface area (Å²) in [6.07, 6.45) is 9.10. The Morgan fingerprint density at radius 2 is 1.86 bits per heavy atom. The first kappa shape index (κ1) is 18.6. The van der Waals surface area contributed by atoms with Gasteiger partial charge in [0.15, 0.2) is 0 Å². The first-order valence-corrected chi connectivity index (χ1v) is 9.87. The maximum absolute atomic E-state index is 12.8. The number of carbonyl (C=O) groups is 1. The van der Waals surface area contributed by atoms with Crippen LogP contribution in [-0.4, -0.2) is 28.2 Å². The molecule has 2 aromatic carbocycles. The van der Waals surface area contributed by atoms with Gasteiger partial charge in [-0.3, -0.25) is 0 Å². The Balaban J connectivity index is 1.50. The minimum atomic E-state index is -0.960. The maximum Gasteiger partial charge on any atom is 0.410 e. The van der Waals surface area contributed by atoms with Crippen molar-refractivity contribution < 1.29 is 14.6 Å². The van der Waals surface area contributed by atoms with Crippen LogP contribution < -0.4 is 0 Å². The summed E-state index contributed by atoms with van der Waals surface area (Å²) in [4.78, 5) is 14.7. The molecule has 1 N–H and O–H groups in total. The average molecular weight is 375 g/mol. The van der Waals surface area contributed by atoms with Gasteiger partial charge in [-0.05, 0) is 42.5 Å². The zero-order valence-corrected chi connectivity index (χ0v) is 15.9. The second kappa shape index (κ2) is 7.69. The van der Waals surface area contributed by atoms with E-state index < -0.39 is 5.60 Å². The molecule has 28 heavy (non-hydrogen) atoms. The predicted molar refractivity (Wildman–Crippen MR) is 107 cm³/mol. The number of terminal acetylenes is 1. The number of carbonyl (C=O) groups excluding carboxylic acids is 1. The standard InChI is InChI=1S/C24H25NO3/c1-2-18-10-6-11-20(14-18)24(27)15-21-12-7-13-22(16-24)25(21)23(26)28-17-19-8-4-3-5-9-19/h1,3-6,8-11,14,21-22,27H,7,12-13,15-17H2. The van der Waals surface area contributed by atoms with Crippen molar-refractivity contribution in [1.29, 1.82) is 0 Å². The number of hydrogen-bond acceptors (Lipinski definition) is 3. The molecule has 2 aliphatic heterocycles. The molecular weight excluding hydrogens is 350 g/mol. The Morgan fingerprint density at radius 3 is 2.54 bits per heavy atom. The van der Waals surface area contributed by atoms with Gasteiger partial charge in [0.05, 0.1) is 5.60 Å². The van der Waals surface area contributed by atoms with Gasteiger partial charge in [0.25, 0.3) is 0 Å². The van der Waals surface area contributed by atoms with Gasteiger partial charge in [-0.25, -0.2) is 4.79 Å². The largest absolute Gasteiger partial charge is 0.445 e. The topological polar surface area (TPSA) is 49.8 Å². The van der Waals surface area contributed by atoms with Gasteiger partial charge in [-0.15, -0.1) is 6.42 Å². The lowest BCUT2D eigenvalue weighted by Gasteiger charge is -2.51. The van der Waals surface area contributed by atoms with Crippen molar-refractivity contribution in [3.8, 4) is 12.3 Å². The second-order valence-electron chi connectivity index (χ2n) is 7.85. The number of fused-ring (bicyclic) bond motifs is 2. The van der Waals surface area contributed by atoms with E-state index in [1.807, 2.05) is 59.5 Å². The van der Waals surface area contributed by atoms with Crippen molar-refractivity contribution in [2.75, 3.05) is 0 Å². The molecule has 2 atom stereocenters. The van der Waals surface area contributed by atoms with Crippen molar-refractivity contribution in [3.05, 3.63) is 71.3 Å². The molecule has 144 valence electrons. The number of rotatable bonds is 3. The molecule has 2 aromatic rings. The second-order valence-corrected chi connectivity index (χ2v) is 7.85. The van der Waals surface area contributed by atoms with Crippen molar-refractivity contribution in [3.63, 3.8) is 0 Å². The molecule has 2 bridgehead atoms. The third-order valence-corrected chi connectivity index (χ3v) is 5.99. The van der Waals surface area contributed by atoms with Gasteiger partial charge in [-0.1, -0.05) is 48.4 Å². The highest BCUT2D eigenvalue weighted by Gasteiger charge is 2.48. The fraction of sp³-hybridized carbons (Fsp3) is 0.375. The summed E-state index contributed by atoms with van der Waals surface area (Å²) >= 11 is 0. The first-order valence-electron chi connectivity index (χ1n) is 9.87. The van der Waals surface area contributed by atoms with Crippen LogP contribution in [0.2, 0.25) is 0 Å². The van der Waals surface area contributed by atoms with E-state index in [9.17, 15) is 9.90 Å². The van der Waals surface area contributed by atoms with Gasteiger partial charge >= 0.3 is 6.09 Å². The van der Waals surface area contributed by atoms with Gasteiger partial charge in [0.2, 0.25) is 0 Å². The monoisotopic (exact) mass is 375 g/mol. The average Bonchev–Trinajstić information content (AvgIpc) is 2.72. The third kappa shape index (κ3) is 3.63. The van der Waals surface area contributed by atoms with Crippen LogP contribution >= 0.6 is 0 Å². The molecule has 2 heterocycles. The Bertz CT molecular complexity index is 872. The molecule has 2 aliphatic rings. The highest BCUT2D eigenvalue weighted by Crippen LogP contribution is 2.44. The summed E-state index contributed by atoms with van der Waals surface area (Å²) in [5.41, 5.74) is 1.62. The van der Waals surface area contributed by atoms with Gasteiger partial charge in [0.1, 0.15) is 6.61 Å². The van der Waals surface area contributed by atoms with Crippen molar-refractivity contribution in [1.82, 2.24) is 4.90 Å². The number of hydrogen-bond donors (Lipinski definition) is 1. The number of amides is 1. The van der Waals surface area contributed by atoms with Gasteiger partial charge in [0, 0.05) is 30.5 Å². The molecule has 0 aliphatic carbocycles. The predicted octanol–water partition coefficient (Wildman–Crippen LogP) is 4.21. The minimum absolute atomic E-state index is 0.0183. The molecular formula is C24H25NO3. The van der Waals surface area contributed by atoms with Crippen molar-refractivity contribution in [2.24, 2.45) is 0 Å². The molecule has 1 amide bonds. The summed E-state index contributed by atoms with van der Waals surface area (Å²) < 4.78 is 5.59. The lowest BCUT2D eigenvalue weighted by atomic mass is 9.72. The quantitative estimate of drug-likeness (QED) is 0.818. The Hall–Kier alpha value is -2.77. The lowest BCUT2D eigenvalue weighted by Crippen LogP contribution is -2.58. The van der Waals surface area contributed by atoms with E-state index in [-0.39, 0.29) is 24.8 Å². The van der Waals surface area contributed by atoms with E-state index in [4.69, 9.17) is 11.2 Å². The fourth-order valence-corrected chi connectivity index (χ4v) is 4.66. The summed E-state index contributed by atoms with van der Waals surface area (Å²) in [6, 6.07) is 17.2.